The molecule has 0 aliphatic carbocycles. The van der Waals surface area contributed by atoms with Gasteiger partial charge in [-0.05, 0) is 52.8 Å². The van der Waals surface area contributed by atoms with E-state index < -0.39 is 0 Å². The first kappa shape index (κ1) is 14.4. The van der Waals surface area contributed by atoms with Crippen molar-refractivity contribution in [3.63, 3.8) is 0 Å². The molecule has 19 heavy (non-hydrogen) atoms. The highest BCUT2D eigenvalue weighted by Crippen LogP contribution is 2.35. The summed E-state index contributed by atoms with van der Waals surface area (Å²) in [5.41, 5.74) is 0.754. The largest absolute Gasteiger partial charge is 0.496 e. The van der Waals surface area contributed by atoms with Crippen LogP contribution in [0.15, 0.2) is 33.2 Å². The van der Waals surface area contributed by atoms with Crippen LogP contribution in [-0.4, -0.2) is 14.2 Å². The first-order valence-electron chi connectivity index (χ1n) is 5.52. The molecule has 0 saturated carbocycles. The molecule has 0 aliphatic heterocycles. The fraction of sp³-hybridized carbons (Fsp3) is 0.231. The Morgan fingerprint density at radius 3 is 2.68 bits per heavy atom. The maximum atomic E-state index is 13.5. The Balaban J connectivity index is 2.51. The molecule has 0 amide bonds. The summed E-state index contributed by atoms with van der Waals surface area (Å²) in [6, 6.07) is 6.13. The van der Waals surface area contributed by atoms with Gasteiger partial charge in [-0.25, -0.2) is 4.39 Å². The molecule has 0 saturated heterocycles. The predicted molar refractivity (Wildman–Crippen MR) is 75.3 cm³/mol. The van der Waals surface area contributed by atoms with E-state index in [0.29, 0.717) is 21.2 Å². The van der Waals surface area contributed by atoms with Gasteiger partial charge in [-0.2, -0.15) is 0 Å². The Morgan fingerprint density at radius 2 is 2.16 bits per heavy atom. The van der Waals surface area contributed by atoms with Gasteiger partial charge in [0.15, 0.2) is 5.22 Å². The Bertz CT molecular complexity index is 588. The third-order valence-corrected chi connectivity index (χ3v) is 3.56. The molecule has 6 heteroatoms. The van der Waals surface area contributed by atoms with Crippen LogP contribution in [0.3, 0.4) is 0 Å². The number of ether oxygens (including phenoxy) is 1. The average Bonchev–Trinajstić information content (AvgIpc) is 2.81. The summed E-state index contributed by atoms with van der Waals surface area (Å²) in [7, 11) is 3.27. The van der Waals surface area contributed by atoms with Crippen molar-refractivity contribution in [1.29, 1.82) is 0 Å². The summed E-state index contributed by atoms with van der Waals surface area (Å²) in [6.07, 6.45) is 0. The van der Waals surface area contributed by atoms with E-state index in [1.165, 1.54) is 13.2 Å². The van der Waals surface area contributed by atoms with E-state index in [1.807, 2.05) is 0 Å². The van der Waals surface area contributed by atoms with Crippen LogP contribution in [0.25, 0.3) is 0 Å². The molecular weight excluding hydrogens is 337 g/mol. The van der Waals surface area contributed by atoms with Gasteiger partial charge in [0.05, 0.1) is 17.6 Å². The molecular formula is C13H12BrClFNO2. The van der Waals surface area contributed by atoms with Gasteiger partial charge in [-0.3, -0.25) is 0 Å². The van der Waals surface area contributed by atoms with E-state index in [1.54, 1.807) is 25.2 Å². The lowest BCUT2D eigenvalue weighted by Crippen LogP contribution is -2.18. The topological polar surface area (TPSA) is 34.4 Å². The molecule has 1 heterocycles. The van der Waals surface area contributed by atoms with E-state index in [9.17, 15) is 4.39 Å². The number of halogens is 3. The van der Waals surface area contributed by atoms with Gasteiger partial charge in [0.1, 0.15) is 17.3 Å². The van der Waals surface area contributed by atoms with E-state index in [4.69, 9.17) is 20.8 Å². The van der Waals surface area contributed by atoms with Crippen molar-refractivity contribution in [2.45, 2.75) is 6.04 Å². The smallest absolute Gasteiger partial charge is 0.193 e. The second kappa shape index (κ2) is 5.94. The fourth-order valence-corrected chi connectivity index (χ4v) is 2.39. The second-order valence-corrected chi connectivity index (χ2v) is 5.10. The summed E-state index contributed by atoms with van der Waals surface area (Å²) in [6.45, 7) is 0. The lowest BCUT2D eigenvalue weighted by molar-refractivity contribution is 0.393. The number of nitrogens with one attached hydrogen (secondary N) is 1. The molecule has 0 spiro atoms. The average molecular weight is 349 g/mol. The first-order chi connectivity index (χ1) is 9.06. The molecule has 1 aromatic carbocycles. The Kier molecular flexibility index (Phi) is 4.50. The molecule has 0 radical (unpaired) electrons. The maximum absolute atomic E-state index is 13.5. The molecule has 0 fully saturated rings. The summed E-state index contributed by atoms with van der Waals surface area (Å²) in [5.74, 6) is 0.685. The SMILES string of the molecule is CNC(c1ccc(Cl)o1)c1cc(Br)c(F)cc1OC. The van der Waals surface area contributed by atoms with Crippen LogP contribution in [0.4, 0.5) is 4.39 Å². The third-order valence-electron chi connectivity index (χ3n) is 2.75. The second-order valence-electron chi connectivity index (χ2n) is 3.87. The number of furan rings is 1. The van der Waals surface area contributed by atoms with Crippen LogP contribution in [0, 0.1) is 5.82 Å². The minimum absolute atomic E-state index is 0.278. The Hall–Kier alpha value is -1.04. The maximum Gasteiger partial charge on any atom is 0.193 e. The molecule has 2 rings (SSSR count). The fourth-order valence-electron chi connectivity index (χ4n) is 1.88. The molecule has 1 aromatic heterocycles. The highest BCUT2D eigenvalue weighted by molar-refractivity contribution is 9.10. The number of methoxy groups -OCH3 is 1. The number of benzene rings is 1. The van der Waals surface area contributed by atoms with Crippen molar-refractivity contribution in [3.8, 4) is 5.75 Å². The normalized spacial score (nSPS) is 12.5. The first-order valence-corrected chi connectivity index (χ1v) is 6.69. The van der Waals surface area contributed by atoms with Crippen LogP contribution in [0.5, 0.6) is 5.75 Å². The lowest BCUT2D eigenvalue weighted by atomic mass is 10.0. The summed E-state index contributed by atoms with van der Waals surface area (Å²) >= 11 is 8.95. The zero-order valence-corrected chi connectivity index (χ0v) is 12.7. The van der Waals surface area contributed by atoms with Gasteiger partial charge < -0.3 is 14.5 Å². The van der Waals surface area contributed by atoms with Crippen molar-refractivity contribution in [3.05, 3.63) is 51.1 Å². The van der Waals surface area contributed by atoms with Gasteiger partial charge in [0, 0.05) is 11.6 Å². The summed E-state index contributed by atoms with van der Waals surface area (Å²) in [4.78, 5) is 0. The Labute approximate surface area is 123 Å². The van der Waals surface area contributed by atoms with E-state index in [-0.39, 0.29) is 11.9 Å². The lowest BCUT2D eigenvalue weighted by Gasteiger charge is -2.18. The number of hydrogen-bond donors (Lipinski definition) is 1. The van der Waals surface area contributed by atoms with Gasteiger partial charge in [0.25, 0.3) is 0 Å². The quantitative estimate of drug-likeness (QED) is 0.901. The van der Waals surface area contributed by atoms with Crippen molar-refractivity contribution < 1.29 is 13.5 Å². The number of rotatable bonds is 4. The molecule has 1 atom stereocenters. The molecule has 102 valence electrons. The van der Waals surface area contributed by atoms with E-state index >= 15 is 0 Å². The minimum Gasteiger partial charge on any atom is -0.496 e. The van der Waals surface area contributed by atoms with Crippen LogP contribution in [0.1, 0.15) is 17.4 Å². The highest BCUT2D eigenvalue weighted by atomic mass is 79.9. The monoisotopic (exact) mass is 347 g/mol. The summed E-state index contributed by atoms with van der Waals surface area (Å²) < 4.78 is 24.5. The van der Waals surface area contributed by atoms with Crippen LogP contribution in [-0.2, 0) is 0 Å². The Morgan fingerprint density at radius 1 is 1.42 bits per heavy atom. The molecule has 1 N–H and O–H groups in total. The molecule has 2 aromatic rings. The highest BCUT2D eigenvalue weighted by Gasteiger charge is 2.21. The third kappa shape index (κ3) is 2.94. The number of hydrogen-bond acceptors (Lipinski definition) is 3. The van der Waals surface area contributed by atoms with E-state index in [2.05, 4.69) is 21.2 Å². The van der Waals surface area contributed by atoms with Crippen molar-refractivity contribution in [2.24, 2.45) is 0 Å². The standard InChI is InChI=1S/C13H12BrClFNO2/c1-17-13(10-3-4-12(15)19-10)7-5-8(14)9(16)6-11(7)18-2/h3-6,13,17H,1-2H3. The van der Waals surface area contributed by atoms with Crippen molar-refractivity contribution >= 4 is 27.5 Å². The zero-order chi connectivity index (χ0) is 14.0. The zero-order valence-electron chi connectivity index (χ0n) is 10.3. The molecule has 0 bridgehead atoms. The van der Waals surface area contributed by atoms with Crippen LogP contribution < -0.4 is 10.1 Å². The van der Waals surface area contributed by atoms with Gasteiger partial charge in [-0.15, -0.1) is 0 Å². The van der Waals surface area contributed by atoms with Gasteiger partial charge in [0.2, 0.25) is 0 Å². The van der Waals surface area contributed by atoms with E-state index in [0.717, 1.165) is 5.56 Å². The van der Waals surface area contributed by atoms with Gasteiger partial charge >= 0.3 is 0 Å². The minimum atomic E-state index is -0.382. The molecule has 3 nitrogen and oxygen atoms in total. The van der Waals surface area contributed by atoms with Crippen LogP contribution >= 0.6 is 27.5 Å². The van der Waals surface area contributed by atoms with Crippen LogP contribution in [0.2, 0.25) is 5.22 Å². The van der Waals surface area contributed by atoms with Crippen molar-refractivity contribution in [2.75, 3.05) is 14.2 Å². The molecule has 0 aliphatic rings. The van der Waals surface area contributed by atoms with Crippen molar-refractivity contribution in [1.82, 2.24) is 5.32 Å². The molecule has 1 unspecified atom stereocenters. The van der Waals surface area contributed by atoms with Gasteiger partial charge in [-0.1, -0.05) is 0 Å². The summed E-state index contributed by atoms with van der Waals surface area (Å²) in [5, 5.41) is 3.39. The predicted octanol–water partition coefficient (Wildman–Crippen LogP) is 4.15.